The summed E-state index contributed by atoms with van der Waals surface area (Å²) < 4.78 is 0. The third kappa shape index (κ3) is 3.72. The van der Waals surface area contributed by atoms with Crippen LogP contribution in [0.3, 0.4) is 0 Å². The van der Waals surface area contributed by atoms with E-state index in [1.807, 2.05) is 23.9 Å². The number of piperidine rings is 1. The smallest absolute Gasteiger partial charge is 0.0314 e. The number of anilines is 1. The number of nitrogens with two attached hydrogens (primary N) is 1. The van der Waals surface area contributed by atoms with E-state index in [0.29, 0.717) is 0 Å². The van der Waals surface area contributed by atoms with Gasteiger partial charge >= 0.3 is 0 Å². The van der Waals surface area contributed by atoms with Gasteiger partial charge < -0.3 is 11.1 Å². The molecule has 0 amide bonds. The zero-order chi connectivity index (χ0) is 11.2. The van der Waals surface area contributed by atoms with E-state index >= 15 is 0 Å². The van der Waals surface area contributed by atoms with Crippen LogP contribution in [0, 0.1) is 0 Å². The summed E-state index contributed by atoms with van der Waals surface area (Å²) in [6, 6.07) is 8.90. The van der Waals surface area contributed by atoms with Gasteiger partial charge in [0.15, 0.2) is 0 Å². The van der Waals surface area contributed by atoms with Crippen molar-refractivity contribution in [2.75, 3.05) is 18.0 Å². The fourth-order valence-corrected chi connectivity index (χ4v) is 3.02. The van der Waals surface area contributed by atoms with Crippen LogP contribution in [0.1, 0.15) is 25.7 Å². The number of nitrogens with one attached hydrogen (secondary N) is 1. The molecule has 1 aromatic carbocycles. The molecule has 3 heteroatoms. The average Bonchev–Trinajstić information content (AvgIpc) is 2.33. The average molecular weight is 236 g/mol. The molecule has 1 aliphatic rings. The Hall–Kier alpha value is -0.670. The molecule has 0 radical (unpaired) electrons. The molecule has 0 bridgehead atoms. The minimum Gasteiger partial charge on any atom is -0.399 e. The van der Waals surface area contributed by atoms with Gasteiger partial charge in [0, 0.05) is 16.6 Å². The fraction of sp³-hybridized carbons (Fsp3) is 0.538. The highest BCUT2D eigenvalue weighted by atomic mass is 32.2. The van der Waals surface area contributed by atoms with Gasteiger partial charge in [0.2, 0.25) is 0 Å². The molecule has 1 aliphatic heterocycles. The lowest BCUT2D eigenvalue weighted by molar-refractivity contribution is 0.395. The molecule has 0 saturated carbocycles. The van der Waals surface area contributed by atoms with Crippen molar-refractivity contribution in [1.82, 2.24) is 5.32 Å². The normalized spacial score (nSPS) is 20.9. The summed E-state index contributed by atoms with van der Waals surface area (Å²) in [4.78, 5) is 1.32. The van der Waals surface area contributed by atoms with E-state index in [9.17, 15) is 0 Å². The monoisotopic (exact) mass is 236 g/mol. The van der Waals surface area contributed by atoms with Gasteiger partial charge in [-0.1, -0.05) is 6.42 Å². The number of nitrogen functional groups attached to an aromatic ring is 1. The highest BCUT2D eigenvalue weighted by Gasteiger charge is 2.11. The highest BCUT2D eigenvalue weighted by molar-refractivity contribution is 7.99. The fourth-order valence-electron chi connectivity index (χ4n) is 2.05. The topological polar surface area (TPSA) is 38.0 Å². The van der Waals surface area contributed by atoms with Gasteiger partial charge in [0.1, 0.15) is 0 Å². The molecule has 16 heavy (non-hydrogen) atoms. The van der Waals surface area contributed by atoms with Crippen molar-refractivity contribution in [3.8, 4) is 0 Å². The summed E-state index contributed by atoms with van der Waals surface area (Å²) in [5.41, 5.74) is 6.50. The highest BCUT2D eigenvalue weighted by Crippen LogP contribution is 2.21. The lowest BCUT2D eigenvalue weighted by atomic mass is 10.0. The van der Waals surface area contributed by atoms with Crippen molar-refractivity contribution in [2.24, 2.45) is 0 Å². The Morgan fingerprint density at radius 3 is 2.75 bits per heavy atom. The van der Waals surface area contributed by atoms with Crippen LogP contribution >= 0.6 is 11.8 Å². The van der Waals surface area contributed by atoms with Crippen molar-refractivity contribution in [3.63, 3.8) is 0 Å². The molecule has 88 valence electrons. The summed E-state index contributed by atoms with van der Waals surface area (Å²) in [5.74, 6) is 1.20. The molecule has 1 fully saturated rings. The third-order valence-corrected chi connectivity index (χ3v) is 4.07. The largest absolute Gasteiger partial charge is 0.399 e. The summed E-state index contributed by atoms with van der Waals surface area (Å²) in [5, 5.41) is 3.58. The van der Waals surface area contributed by atoms with E-state index in [1.165, 1.54) is 42.9 Å². The molecule has 0 aliphatic carbocycles. The number of thioether (sulfide) groups is 1. The molecule has 1 aromatic rings. The van der Waals surface area contributed by atoms with Gasteiger partial charge in [0.05, 0.1) is 0 Å². The number of benzene rings is 1. The van der Waals surface area contributed by atoms with Crippen LogP contribution in [0.5, 0.6) is 0 Å². The predicted molar refractivity (Wildman–Crippen MR) is 71.8 cm³/mol. The minimum atomic E-state index is 0.745. The van der Waals surface area contributed by atoms with Gasteiger partial charge in [-0.2, -0.15) is 0 Å². The van der Waals surface area contributed by atoms with Gasteiger partial charge in [-0.3, -0.25) is 0 Å². The lowest BCUT2D eigenvalue weighted by Gasteiger charge is -2.23. The molecule has 0 spiro atoms. The van der Waals surface area contributed by atoms with Crippen molar-refractivity contribution in [3.05, 3.63) is 24.3 Å². The van der Waals surface area contributed by atoms with Crippen molar-refractivity contribution in [2.45, 2.75) is 36.6 Å². The predicted octanol–water partition coefficient (Wildman–Crippen LogP) is 2.89. The Kier molecular flexibility index (Phi) is 4.55. The second-order valence-corrected chi connectivity index (χ2v) is 5.52. The first kappa shape index (κ1) is 11.8. The molecule has 1 saturated heterocycles. The van der Waals surface area contributed by atoms with E-state index < -0.39 is 0 Å². The second-order valence-electron chi connectivity index (χ2n) is 4.35. The molecule has 2 nitrogen and oxygen atoms in total. The molecule has 1 atom stereocenters. The zero-order valence-corrected chi connectivity index (χ0v) is 10.4. The van der Waals surface area contributed by atoms with Crippen LogP contribution in [0.25, 0.3) is 0 Å². The van der Waals surface area contributed by atoms with Crippen LogP contribution in [-0.4, -0.2) is 18.3 Å². The third-order valence-electron chi connectivity index (χ3n) is 3.03. The molecule has 2 rings (SSSR count). The van der Waals surface area contributed by atoms with Gasteiger partial charge in [0.25, 0.3) is 0 Å². The van der Waals surface area contributed by atoms with Gasteiger partial charge in [-0.15, -0.1) is 11.8 Å². The van der Waals surface area contributed by atoms with Crippen molar-refractivity contribution < 1.29 is 0 Å². The quantitative estimate of drug-likeness (QED) is 0.623. The van der Waals surface area contributed by atoms with Crippen LogP contribution in [0.15, 0.2) is 29.2 Å². The summed E-state index contributed by atoms with van der Waals surface area (Å²) in [6.45, 7) is 1.21. The molecule has 1 unspecified atom stereocenters. The van der Waals surface area contributed by atoms with Crippen molar-refractivity contribution in [1.29, 1.82) is 0 Å². The molecular weight excluding hydrogens is 216 g/mol. The number of hydrogen-bond donors (Lipinski definition) is 2. The first-order valence-corrected chi connectivity index (χ1v) is 7.05. The Bertz CT molecular complexity index is 304. The molecule has 3 N–H and O–H groups in total. The SMILES string of the molecule is Nc1ccc(SCCC2CCCCN2)cc1. The van der Waals surface area contributed by atoms with Gasteiger partial charge in [-0.25, -0.2) is 0 Å². The van der Waals surface area contributed by atoms with E-state index in [1.54, 1.807) is 0 Å². The van der Waals surface area contributed by atoms with E-state index in [0.717, 1.165) is 11.7 Å². The Morgan fingerprint density at radius 2 is 2.06 bits per heavy atom. The lowest BCUT2D eigenvalue weighted by Crippen LogP contribution is -2.34. The Labute approximate surface area is 102 Å². The maximum atomic E-state index is 5.65. The summed E-state index contributed by atoms with van der Waals surface area (Å²) in [6.07, 6.45) is 5.36. The van der Waals surface area contributed by atoms with E-state index in [-0.39, 0.29) is 0 Å². The number of rotatable bonds is 4. The van der Waals surface area contributed by atoms with Gasteiger partial charge in [-0.05, 0) is 55.8 Å². The summed E-state index contributed by atoms with van der Waals surface area (Å²) >= 11 is 1.93. The first-order valence-electron chi connectivity index (χ1n) is 6.06. The van der Waals surface area contributed by atoms with Crippen LogP contribution in [0.4, 0.5) is 5.69 Å². The van der Waals surface area contributed by atoms with Crippen LogP contribution < -0.4 is 11.1 Å². The first-order chi connectivity index (χ1) is 7.84. The Balaban J connectivity index is 1.69. The number of hydrogen-bond acceptors (Lipinski definition) is 3. The second kappa shape index (κ2) is 6.16. The molecule has 0 aromatic heterocycles. The molecule has 1 heterocycles. The summed E-state index contributed by atoms with van der Waals surface area (Å²) in [7, 11) is 0. The minimum absolute atomic E-state index is 0.745. The van der Waals surface area contributed by atoms with Crippen molar-refractivity contribution >= 4 is 17.4 Å². The van der Waals surface area contributed by atoms with Crippen LogP contribution in [0.2, 0.25) is 0 Å². The zero-order valence-electron chi connectivity index (χ0n) is 9.61. The molecular formula is C13H20N2S. The van der Waals surface area contributed by atoms with Crippen LogP contribution in [-0.2, 0) is 0 Å². The maximum Gasteiger partial charge on any atom is 0.0314 e. The van der Waals surface area contributed by atoms with E-state index in [4.69, 9.17) is 5.73 Å². The van der Waals surface area contributed by atoms with E-state index in [2.05, 4.69) is 17.4 Å². The Morgan fingerprint density at radius 1 is 1.25 bits per heavy atom. The maximum absolute atomic E-state index is 5.65. The standard InChI is InChI=1S/C13H20N2S/c14-11-4-6-13(7-5-11)16-10-8-12-3-1-2-9-15-12/h4-7,12,15H,1-3,8-10,14H2.